The molecule has 1 saturated carbocycles. The molecular weight excluding hydrogens is 248 g/mol. The summed E-state index contributed by atoms with van der Waals surface area (Å²) in [6.07, 6.45) is 6.52. The van der Waals surface area contributed by atoms with Crippen LogP contribution in [0.3, 0.4) is 0 Å². The van der Waals surface area contributed by atoms with Gasteiger partial charge in [-0.05, 0) is 37.0 Å². The van der Waals surface area contributed by atoms with Crippen molar-refractivity contribution < 1.29 is 4.74 Å². The quantitative estimate of drug-likeness (QED) is 0.646. The van der Waals surface area contributed by atoms with Crippen LogP contribution in [0.5, 0.6) is 5.75 Å². The third kappa shape index (κ3) is 3.39. The van der Waals surface area contributed by atoms with Crippen molar-refractivity contribution in [2.75, 3.05) is 6.61 Å². The van der Waals surface area contributed by atoms with Crippen molar-refractivity contribution in [3.05, 3.63) is 28.8 Å². The maximum absolute atomic E-state index is 7.36. The van der Waals surface area contributed by atoms with E-state index in [-0.39, 0.29) is 5.84 Å². The molecule has 0 atom stereocenters. The molecule has 0 amide bonds. The molecule has 18 heavy (non-hydrogen) atoms. The first-order valence-corrected chi connectivity index (χ1v) is 6.81. The fraction of sp³-hybridized carbons (Fsp3) is 0.500. The van der Waals surface area contributed by atoms with Crippen molar-refractivity contribution in [3.63, 3.8) is 0 Å². The van der Waals surface area contributed by atoms with Gasteiger partial charge in [0.2, 0.25) is 0 Å². The zero-order valence-electron chi connectivity index (χ0n) is 10.4. The Hall–Kier alpha value is -1.22. The highest BCUT2D eigenvalue weighted by molar-refractivity contribution is 6.34. The Morgan fingerprint density at radius 3 is 2.67 bits per heavy atom. The van der Waals surface area contributed by atoms with Crippen molar-refractivity contribution in [2.45, 2.75) is 32.1 Å². The molecule has 1 aliphatic rings. The average molecular weight is 267 g/mol. The highest BCUT2D eigenvalue weighted by Gasteiger charge is 2.14. The smallest absolute Gasteiger partial charge is 0.124 e. The molecule has 4 heteroatoms. The summed E-state index contributed by atoms with van der Waals surface area (Å²) in [7, 11) is 0. The van der Waals surface area contributed by atoms with Gasteiger partial charge in [-0.25, -0.2) is 0 Å². The maximum Gasteiger partial charge on any atom is 0.124 e. The molecule has 0 aliphatic heterocycles. The van der Waals surface area contributed by atoms with E-state index in [1.54, 1.807) is 12.1 Å². The number of nitrogens with two attached hydrogens (primary N) is 1. The first-order chi connectivity index (χ1) is 8.66. The minimum absolute atomic E-state index is 0.0150. The van der Waals surface area contributed by atoms with Crippen LogP contribution in [0.2, 0.25) is 5.02 Å². The Labute approximate surface area is 113 Å². The van der Waals surface area contributed by atoms with Crippen molar-refractivity contribution in [2.24, 2.45) is 11.7 Å². The first-order valence-electron chi connectivity index (χ1n) is 6.43. The van der Waals surface area contributed by atoms with Crippen LogP contribution in [0.4, 0.5) is 0 Å². The van der Waals surface area contributed by atoms with Crippen LogP contribution in [0, 0.1) is 11.3 Å². The predicted molar refractivity (Wildman–Crippen MR) is 74.5 cm³/mol. The first kappa shape index (κ1) is 13.2. The van der Waals surface area contributed by atoms with E-state index >= 15 is 0 Å². The fourth-order valence-electron chi connectivity index (χ4n) is 2.37. The summed E-state index contributed by atoms with van der Waals surface area (Å²) in [5.74, 6) is 1.42. The lowest BCUT2D eigenvalue weighted by atomic mass is 9.90. The minimum atomic E-state index is -0.0150. The van der Waals surface area contributed by atoms with Crippen LogP contribution >= 0.6 is 11.6 Å². The monoisotopic (exact) mass is 266 g/mol. The number of hydrogen-bond donors (Lipinski definition) is 2. The van der Waals surface area contributed by atoms with Gasteiger partial charge in [0.25, 0.3) is 0 Å². The molecule has 1 aromatic carbocycles. The Morgan fingerprint density at radius 1 is 1.33 bits per heavy atom. The van der Waals surface area contributed by atoms with Crippen LogP contribution in [-0.4, -0.2) is 12.4 Å². The van der Waals surface area contributed by atoms with E-state index in [2.05, 4.69) is 0 Å². The van der Waals surface area contributed by atoms with Crippen molar-refractivity contribution in [3.8, 4) is 5.75 Å². The number of nitrogen functional groups attached to an aromatic ring is 1. The fourth-order valence-corrected chi connectivity index (χ4v) is 2.64. The number of ether oxygens (including phenoxy) is 1. The topological polar surface area (TPSA) is 59.1 Å². The van der Waals surface area contributed by atoms with Gasteiger partial charge in [0.05, 0.1) is 11.6 Å². The van der Waals surface area contributed by atoms with Crippen LogP contribution in [0.1, 0.15) is 37.7 Å². The molecule has 0 bridgehead atoms. The molecule has 0 spiro atoms. The van der Waals surface area contributed by atoms with Gasteiger partial charge in [-0.3, -0.25) is 5.41 Å². The van der Waals surface area contributed by atoms with Crippen molar-refractivity contribution >= 4 is 17.4 Å². The van der Waals surface area contributed by atoms with Gasteiger partial charge in [-0.15, -0.1) is 0 Å². The Bertz CT molecular complexity index is 428. The summed E-state index contributed by atoms with van der Waals surface area (Å²) in [5.41, 5.74) is 5.97. The second-order valence-electron chi connectivity index (χ2n) is 4.87. The number of nitrogens with one attached hydrogen (secondary N) is 1. The predicted octanol–water partition coefficient (Wildman–Crippen LogP) is 3.58. The molecule has 2 rings (SSSR count). The second-order valence-corrected chi connectivity index (χ2v) is 5.28. The van der Waals surface area contributed by atoms with Gasteiger partial charge < -0.3 is 10.5 Å². The zero-order chi connectivity index (χ0) is 13.0. The minimum Gasteiger partial charge on any atom is -0.493 e. The molecule has 0 unspecified atom stereocenters. The number of rotatable bonds is 4. The summed E-state index contributed by atoms with van der Waals surface area (Å²) in [6, 6.07) is 5.30. The Kier molecular flexibility index (Phi) is 4.48. The summed E-state index contributed by atoms with van der Waals surface area (Å²) < 4.78 is 5.77. The average Bonchev–Trinajstić information content (AvgIpc) is 2.37. The maximum atomic E-state index is 7.36. The molecule has 1 aliphatic carbocycles. The van der Waals surface area contributed by atoms with E-state index < -0.39 is 0 Å². The van der Waals surface area contributed by atoms with E-state index in [0.29, 0.717) is 16.5 Å². The molecular formula is C14H19ClN2O. The van der Waals surface area contributed by atoms with Crippen molar-refractivity contribution in [1.29, 1.82) is 5.41 Å². The zero-order valence-corrected chi connectivity index (χ0v) is 11.2. The van der Waals surface area contributed by atoms with Crippen molar-refractivity contribution in [1.82, 2.24) is 0 Å². The summed E-state index contributed by atoms with van der Waals surface area (Å²) in [4.78, 5) is 0. The molecule has 0 radical (unpaired) electrons. The van der Waals surface area contributed by atoms with Crippen LogP contribution < -0.4 is 10.5 Å². The van der Waals surface area contributed by atoms with E-state index in [1.807, 2.05) is 6.07 Å². The highest BCUT2D eigenvalue weighted by Crippen LogP contribution is 2.26. The molecule has 1 aromatic rings. The van der Waals surface area contributed by atoms with Gasteiger partial charge >= 0.3 is 0 Å². The van der Waals surface area contributed by atoms with E-state index in [1.165, 1.54) is 32.1 Å². The van der Waals surface area contributed by atoms with Gasteiger partial charge in [0.1, 0.15) is 11.6 Å². The van der Waals surface area contributed by atoms with E-state index in [9.17, 15) is 0 Å². The molecule has 0 saturated heterocycles. The molecule has 3 N–H and O–H groups in total. The van der Waals surface area contributed by atoms with Crippen LogP contribution in [0.15, 0.2) is 18.2 Å². The third-order valence-electron chi connectivity index (χ3n) is 3.44. The SMILES string of the molecule is N=C(N)c1ccc(OCC2CCCCC2)cc1Cl. The lowest BCUT2D eigenvalue weighted by Gasteiger charge is -2.21. The summed E-state index contributed by atoms with van der Waals surface area (Å²) >= 11 is 6.05. The third-order valence-corrected chi connectivity index (χ3v) is 3.75. The largest absolute Gasteiger partial charge is 0.493 e. The standard InChI is InChI=1S/C14H19ClN2O/c15-13-8-11(6-7-12(13)14(16)17)18-9-10-4-2-1-3-5-10/h6-8,10H,1-5,9H2,(H3,16,17). The van der Waals surface area contributed by atoms with Crippen LogP contribution in [0.25, 0.3) is 0 Å². The number of halogens is 1. The van der Waals surface area contributed by atoms with Gasteiger partial charge in [-0.2, -0.15) is 0 Å². The molecule has 0 aromatic heterocycles. The highest BCUT2D eigenvalue weighted by atomic mass is 35.5. The number of hydrogen-bond acceptors (Lipinski definition) is 2. The summed E-state index contributed by atoms with van der Waals surface area (Å²) in [5, 5.41) is 7.84. The molecule has 3 nitrogen and oxygen atoms in total. The second kappa shape index (κ2) is 6.10. The van der Waals surface area contributed by atoms with Gasteiger partial charge in [0.15, 0.2) is 0 Å². The Balaban J connectivity index is 1.93. The molecule has 1 fully saturated rings. The van der Waals surface area contributed by atoms with Crippen LogP contribution in [-0.2, 0) is 0 Å². The number of benzene rings is 1. The molecule has 0 heterocycles. The Morgan fingerprint density at radius 2 is 2.06 bits per heavy atom. The van der Waals surface area contributed by atoms with E-state index in [4.69, 9.17) is 27.5 Å². The lowest BCUT2D eigenvalue weighted by Crippen LogP contribution is -2.15. The van der Waals surface area contributed by atoms with Gasteiger partial charge in [0, 0.05) is 5.56 Å². The lowest BCUT2D eigenvalue weighted by molar-refractivity contribution is 0.209. The summed E-state index contributed by atoms with van der Waals surface area (Å²) in [6.45, 7) is 0.760. The van der Waals surface area contributed by atoms with Gasteiger partial charge in [-0.1, -0.05) is 30.9 Å². The number of amidine groups is 1. The normalized spacial score (nSPS) is 16.5. The van der Waals surface area contributed by atoms with E-state index in [0.717, 1.165) is 12.4 Å². The molecule has 98 valence electrons.